The highest BCUT2D eigenvalue weighted by atomic mass is 32.1. The molecule has 0 bridgehead atoms. The number of amides is 1. The second kappa shape index (κ2) is 8.77. The molecule has 0 radical (unpaired) electrons. The van der Waals surface area contributed by atoms with Gasteiger partial charge in [0.05, 0.1) is 24.9 Å². The summed E-state index contributed by atoms with van der Waals surface area (Å²) in [6.07, 6.45) is 0.399. The number of nitrogens with one attached hydrogen (secondary N) is 2. The molecular formula is C21H23FN2O3S. The van der Waals surface area contributed by atoms with Gasteiger partial charge in [-0.2, -0.15) is 0 Å². The number of aliphatic hydroxyl groups is 1. The van der Waals surface area contributed by atoms with Crippen LogP contribution in [0.15, 0.2) is 54.6 Å². The van der Waals surface area contributed by atoms with Crippen molar-refractivity contribution in [3.63, 3.8) is 0 Å². The average molecular weight is 402 g/mol. The minimum Gasteiger partial charge on any atom is -0.396 e. The summed E-state index contributed by atoms with van der Waals surface area (Å²) in [6.45, 7) is 1.86. The van der Waals surface area contributed by atoms with E-state index in [4.69, 9.17) is 17.0 Å². The highest BCUT2D eigenvalue weighted by molar-refractivity contribution is 7.80. The molecule has 2 aromatic rings. The minimum atomic E-state index is -1.08. The Balaban J connectivity index is 1.89. The van der Waals surface area contributed by atoms with E-state index in [1.54, 1.807) is 42.5 Å². The van der Waals surface area contributed by atoms with Crippen molar-refractivity contribution in [2.24, 2.45) is 5.92 Å². The molecule has 5 nitrogen and oxygen atoms in total. The van der Waals surface area contributed by atoms with E-state index >= 15 is 0 Å². The Bertz CT molecular complexity index is 849. The smallest absolute Gasteiger partial charge is 0.257 e. The molecule has 3 rings (SSSR count). The van der Waals surface area contributed by atoms with Gasteiger partial charge in [-0.15, -0.1) is 0 Å². The van der Waals surface area contributed by atoms with Crippen LogP contribution in [0.4, 0.5) is 4.39 Å². The van der Waals surface area contributed by atoms with Crippen molar-refractivity contribution in [3.8, 4) is 0 Å². The molecule has 28 heavy (non-hydrogen) atoms. The molecule has 7 heteroatoms. The van der Waals surface area contributed by atoms with Crippen molar-refractivity contribution in [1.82, 2.24) is 10.6 Å². The lowest BCUT2D eigenvalue weighted by atomic mass is 9.77. The molecule has 0 aliphatic carbocycles. The molecule has 2 aromatic carbocycles. The van der Waals surface area contributed by atoms with Crippen LogP contribution in [0.5, 0.6) is 0 Å². The van der Waals surface area contributed by atoms with Gasteiger partial charge in [0, 0.05) is 17.0 Å². The number of hydrogen-bond donors (Lipinski definition) is 3. The van der Waals surface area contributed by atoms with Gasteiger partial charge in [0.2, 0.25) is 0 Å². The summed E-state index contributed by atoms with van der Waals surface area (Å²) < 4.78 is 20.6. The van der Waals surface area contributed by atoms with Crippen molar-refractivity contribution in [2.45, 2.75) is 25.0 Å². The standard InChI is InChI=1S/C21H23FN2O3S/c1-2-18-16(12-25)21(13-27-18,15-10-6-7-11-17(15)22)24-20(28)23-19(26)14-8-4-3-5-9-14/h3-11,16,18,25H,2,12-13H2,1H3,(H2,23,24,26,28). The van der Waals surface area contributed by atoms with Crippen molar-refractivity contribution in [1.29, 1.82) is 0 Å². The SMILES string of the molecule is CCC1OCC(NC(=S)NC(=O)c2ccccc2)(c2ccccc2F)C1CO. The zero-order chi connectivity index (χ0) is 20.1. The van der Waals surface area contributed by atoms with Gasteiger partial charge in [0.15, 0.2) is 5.11 Å². The number of carbonyl (C=O) groups is 1. The van der Waals surface area contributed by atoms with Crippen LogP contribution in [0.3, 0.4) is 0 Å². The van der Waals surface area contributed by atoms with Crippen LogP contribution >= 0.6 is 12.2 Å². The Kier molecular flexibility index (Phi) is 6.39. The van der Waals surface area contributed by atoms with Gasteiger partial charge in [0.1, 0.15) is 5.82 Å². The van der Waals surface area contributed by atoms with Crippen molar-refractivity contribution in [2.75, 3.05) is 13.2 Å². The number of thiocarbonyl (C=S) groups is 1. The molecule has 148 valence electrons. The molecule has 0 aromatic heterocycles. The third kappa shape index (κ3) is 3.92. The second-order valence-corrected chi connectivity index (χ2v) is 7.18. The van der Waals surface area contributed by atoms with Gasteiger partial charge >= 0.3 is 0 Å². The van der Waals surface area contributed by atoms with Crippen LogP contribution in [0.2, 0.25) is 0 Å². The van der Waals surface area contributed by atoms with Crippen LogP contribution in [0, 0.1) is 11.7 Å². The van der Waals surface area contributed by atoms with E-state index in [-0.39, 0.29) is 30.3 Å². The lowest BCUT2D eigenvalue weighted by molar-refractivity contribution is 0.0692. The maximum atomic E-state index is 14.7. The highest BCUT2D eigenvalue weighted by Crippen LogP contribution is 2.41. The summed E-state index contributed by atoms with van der Waals surface area (Å²) in [6, 6.07) is 15.0. The second-order valence-electron chi connectivity index (χ2n) is 6.77. The van der Waals surface area contributed by atoms with E-state index < -0.39 is 17.3 Å². The van der Waals surface area contributed by atoms with Gasteiger partial charge < -0.3 is 15.2 Å². The predicted molar refractivity (Wildman–Crippen MR) is 108 cm³/mol. The van der Waals surface area contributed by atoms with E-state index in [1.165, 1.54) is 6.07 Å². The number of benzene rings is 2. The molecular weight excluding hydrogens is 379 g/mol. The Labute approximate surface area is 168 Å². The molecule has 1 saturated heterocycles. The molecule has 3 unspecified atom stereocenters. The number of hydrogen-bond acceptors (Lipinski definition) is 4. The number of carbonyl (C=O) groups excluding carboxylic acids is 1. The topological polar surface area (TPSA) is 70.6 Å². The fourth-order valence-electron chi connectivity index (χ4n) is 3.75. The summed E-state index contributed by atoms with van der Waals surface area (Å²) >= 11 is 5.36. The van der Waals surface area contributed by atoms with Crippen LogP contribution in [-0.2, 0) is 10.3 Å². The average Bonchev–Trinajstić information content (AvgIpc) is 3.06. The zero-order valence-corrected chi connectivity index (χ0v) is 16.3. The Morgan fingerprint density at radius 2 is 1.93 bits per heavy atom. The molecule has 1 aliphatic rings. The van der Waals surface area contributed by atoms with E-state index in [2.05, 4.69) is 10.6 Å². The van der Waals surface area contributed by atoms with Crippen LogP contribution in [-0.4, -0.2) is 35.4 Å². The van der Waals surface area contributed by atoms with Gasteiger partial charge in [0.25, 0.3) is 5.91 Å². The number of rotatable bonds is 5. The molecule has 1 heterocycles. The molecule has 0 spiro atoms. The van der Waals surface area contributed by atoms with Crippen LogP contribution < -0.4 is 10.6 Å². The van der Waals surface area contributed by atoms with E-state index in [0.29, 0.717) is 17.5 Å². The van der Waals surface area contributed by atoms with Gasteiger partial charge in [-0.05, 0) is 36.8 Å². The summed E-state index contributed by atoms with van der Waals surface area (Å²) in [7, 11) is 0. The molecule has 1 aliphatic heterocycles. The number of ether oxygens (including phenoxy) is 1. The van der Waals surface area contributed by atoms with Crippen molar-refractivity contribution < 1.29 is 19.0 Å². The Morgan fingerprint density at radius 3 is 2.57 bits per heavy atom. The van der Waals surface area contributed by atoms with Crippen LogP contribution in [0.25, 0.3) is 0 Å². The highest BCUT2D eigenvalue weighted by Gasteiger charge is 2.51. The van der Waals surface area contributed by atoms with E-state index in [1.807, 2.05) is 13.0 Å². The fraction of sp³-hybridized carbons (Fsp3) is 0.333. The first kappa shape index (κ1) is 20.4. The molecule has 1 fully saturated rings. The van der Waals surface area contributed by atoms with Gasteiger partial charge in [-0.3, -0.25) is 10.1 Å². The monoisotopic (exact) mass is 402 g/mol. The third-order valence-corrected chi connectivity index (χ3v) is 5.36. The van der Waals surface area contributed by atoms with E-state index in [0.717, 1.165) is 0 Å². The Morgan fingerprint density at radius 1 is 1.25 bits per heavy atom. The van der Waals surface area contributed by atoms with Crippen LogP contribution in [0.1, 0.15) is 29.3 Å². The largest absolute Gasteiger partial charge is 0.396 e. The molecule has 1 amide bonds. The summed E-state index contributed by atoms with van der Waals surface area (Å²) in [5, 5.41) is 15.8. The Hall–Kier alpha value is -2.35. The summed E-state index contributed by atoms with van der Waals surface area (Å²) in [4.78, 5) is 12.4. The number of aliphatic hydroxyl groups excluding tert-OH is 1. The first-order valence-electron chi connectivity index (χ1n) is 9.18. The lowest BCUT2D eigenvalue weighted by Gasteiger charge is -2.37. The van der Waals surface area contributed by atoms with E-state index in [9.17, 15) is 14.3 Å². The summed E-state index contributed by atoms with van der Waals surface area (Å²) in [5.74, 6) is -1.22. The first-order chi connectivity index (χ1) is 13.5. The van der Waals surface area contributed by atoms with Gasteiger partial charge in [-0.1, -0.05) is 43.3 Å². The molecule has 3 atom stereocenters. The van der Waals surface area contributed by atoms with Crippen molar-refractivity contribution >= 4 is 23.2 Å². The zero-order valence-electron chi connectivity index (χ0n) is 15.5. The summed E-state index contributed by atoms with van der Waals surface area (Å²) in [5.41, 5.74) is -0.275. The third-order valence-electron chi connectivity index (χ3n) is 5.16. The van der Waals surface area contributed by atoms with Crippen molar-refractivity contribution in [3.05, 3.63) is 71.5 Å². The lowest BCUT2D eigenvalue weighted by Crippen LogP contribution is -2.56. The maximum Gasteiger partial charge on any atom is 0.257 e. The normalized spacial score (nSPS) is 24.0. The maximum absolute atomic E-state index is 14.7. The first-order valence-corrected chi connectivity index (χ1v) is 9.58. The van der Waals surface area contributed by atoms with Gasteiger partial charge in [-0.25, -0.2) is 4.39 Å². The predicted octanol–water partition coefficient (Wildman–Crippen LogP) is 2.74. The molecule has 0 saturated carbocycles. The number of halogens is 1. The fourth-order valence-corrected chi connectivity index (χ4v) is 4.02. The quantitative estimate of drug-likeness (QED) is 0.671. The molecule has 3 N–H and O–H groups in total. The minimum absolute atomic E-state index is 0.0518.